The van der Waals surface area contributed by atoms with Crippen LogP contribution in [-0.2, 0) is 5.75 Å². The number of methoxy groups -OCH3 is 1. The van der Waals surface area contributed by atoms with E-state index in [4.69, 9.17) is 16.3 Å². The van der Waals surface area contributed by atoms with Crippen molar-refractivity contribution in [3.63, 3.8) is 0 Å². The van der Waals surface area contributed by atoms with Gasteiger partial charge in [0.1, 0.15) is 5.75 Å². The highest BCUT2D eigenvalue weighted by Gasteiger charge is 2.20. The third-order valence-corrected chi connectivity index (χ3v) is 6.46. The van der Waals surface area contributed by atoms with E-state index in [2.05, 4.69) is 10.2 Å². The molecule has 0 saturated heterocycles. The van der Waals surface area contributed by atoms with Crippen LogP contribution in [0.25, 0.3) is 22.4 Å². The van der Waals surface area contributed by atoms with Crippen molar-refractivity contribution in [3.05, 3.63) is 93.2 Å². The normalized spacial score (nSPS) is 11.3. The van der Waals surface area contributed by atoms with Gasteiger partial charge in [-0.2, -0.15) is 0 Å². The van der Waals surface area contributed by atoms with Crippen molar-refractivity contribution in [2.24, 2.45) is 0 Å². The van der Waals surface area contributed by atoms with Gasteiger partial charge >= 0.3 is 0 Å². The monoisotopic (exact) mass is 462 g/mol. The van der Waals surface area contributed by atoms with Gasteiger partial charge in [-0.3, -0.25) is 9.20 Å². The van der Waals surface area contributed by atoms with Crippen LogP contribution in [0.2, 0.25) is 5.02 Å². The van der Waals surface area contributed by atoms with E-state index in [1.54, 1.807) is 23.4 Å². The minimum Gasteiger partial charge on any atom is -0.495 e. The van der Waals surface area contributed by atoms with E-state index in [-0.39, 0.29) is 5.56 Å². The van der Waals surface area contributed by atoms with E-state index in [1.165, 1.54) is 0 Å². The first kappa shape index (κ1) is 20.6. The smallest absolute Gasteiger partial charge is 0.267 e. The Hall–Kier alpha value is -3.29. The number of hydrogen-bond acceptors (Lipinski definition) is 5. The molecule has 0 spiro atoms. The Morgan fingerprint density at radius 2 is 1.88 bits per heavy atom. The van der Waals surface area contributed by atoms with E-state index in [0.29, 0.717) is 38.5 Å². The Morgan fingerprint density at radius 1 is 1.03 bits per heavy atom. The first-order valence-corrected chi connectivity index (χ1v) is 11.3. The average molecular weight is 463 g/mol. The zero-order valence-electron chi connectivity index (χ0n) is 17.4. The summed E-state index contributed by atoms with van der Waals surface area (Å²) in [6.45, 7) is 1.97. The molecule has 32 heavy (non-hydrogen) atoms. The maximum atomic E-state index is 13.6. The maximum Gasteiger partial charge on any atom is 0.267 e. The van der Waals surface area contributed by atoms with Crippen LogP contribution in [0.1, 0.15) is 11.1 Å². The van der Waals surface area contributed by atoms with Gasteiger partial charge in [0.2, 0.25) is 5.78 Å². The minimum atomic E-state index is -0.171. The van der Waals surface area contributed by atoms with Crippen molar-refractivity contribution in [1.82, 2.24) is 19.2 Å². The largest absolute Gasteiger partial charge is 0.495 e. The number of aryl methyl sites for hydroxylation is 1. The number of para-hydroxylation sites is 1. The molecule has 0 fully saturated rings. The summed E-state index contributed by atoms with van der Waals surface area (Å²) in [6.07, 6.45) is 0. The van der Waals surface area contributed by atoms with Crippen molar-refractivity contribution in [2.75, 3.05) is 7.11 Å². The quantitative estimate of drug-likeness (QED) is 0.332. The molecule has 0 aliphatic heterocycles. The number of fused-ring (bicyclic) bond motifs is 3. The predicted molar refractivity (Wildman–Crippen MR) is 128 cm³/mol. The highest BCUT2D eigenvalue weighted by molar-refractivity contribution is 7.98. The van der Waals surface area contributed by atoms with Crippen molar-refractivity contribution in [1.29, 1.82) is 0 Å². The Morgan fingerprint density at radius 3 is 2.69 bits per heavy atom. The van der Waals surface area contributed by atoms with Crippen LogP contribution in [-0.4, -0.2) is 26.3 Å². The van der Waals surface area contributed by atoms with E-state index >= 15 is 0 Å². The molecule has 0 amide bonds. The molecule has 0 saturated carbocycles. The SMILES string of the molecule is COc1ccc(C)cc1-n1c(=O)c2ccccc2n2c(SCc3cccc(Cl)c3)nnc12. The molecule has 8 heteroatoms. The molecule has 5 aromatic rings. The van der Waals surface area contributed by atoms with Crippen LogP contribution >= 0.6 is 23.4 Å². The Balaban J connectivity index is 1.75. The van der Waals surface area contributed by atoms with Gasteiger partial charge in [-0.1, -0.05) is 53.7 Å². The number of thioether (sulfide) groups is 1. The number of nitrogens with zero attached hydrogens (tertiary/aromatic N) is 4. The minimum absolute atomic E-state index is 0.171. The average Bonchev–Trinajstić information content (AvgIpc) is 3.22. The molecular weight excluding hydrogens is 444 g/mol. The molecule has 0 aliphatic rings. The van der Waals surface area contributed by atoms with Gasteiger partial charge in [0.25, 0.3) is 5.56 Å². The first-order valence-electron chi connectivity index (χ1n) is 9.98. The van der Waals surface area contributed by atoms with E-state index in [9.17, 15) is 4.79 Å². The van der Waals surface area contributed by atoms with E-state index in [1.807, 2.05) is 78.1 Å². The topological polar surface area (TPSA) is 61.4 Å². The van der Waals surface area contributed by atoms with E-state index < -0.39 is 0 Å². The molecule has 5 rings (SSSR count). The Labute approximate surface area is 193 Å². The van der Waals surface area contributed by atoms with Gasteiger partial charge in [-0.15, -0.1) is 10.2 Å². The second-order valence-corrected chi connectivity index (χ2v) is 8.75. The second-order valence-electron chi connectivity index (χ2n) is 7.37. The molecule has 160 valence electrons. The maximum absolute atomic E-state index is 13.6. The molecule has 0 N–H and O–H groups in total. The van der Waals surface area contributed by atoms with Crippen molar-refractivity contribution in [3.8, 4) is 11.4 Å². The van der Waals surface area contributed by atoms with Crippen molar-refractivity contribution < 1.29 is 4.74 Å². The fraction of sp³-hybridized carbons (Fsp3) is 0.125. The highest BCUT2D eigenvalue weighted by Crippen LogP contribution is 2.29. The third kappa shape index (κ3) is 3.53. The van der Waals surface area contributed by atoms with Gasteiger partial charge in [0, 0.05) is 10.8 Å². The van der Waals surface area contributed by atoms with E-state index in [0.717, 1.165) is 16.6 Å². The number of benzene rings is 3. The Kier molecular flexibility index (Phi) is 5.36. The fourth-order valence-electron chi connectivity index (χ4n) is 3.74. The van der Waals surface area contributed by atoms with Gasteiger partial charge in [0.05, 0.1) is 23.7 Å². The summed E-state index contributed by atoms with van der Waals surface area (Å²) >= 11 is 7.67. The zero-order chi connectivity index (χ0) is 22.2. The molecule has 0 unspecified atom stereocenters. The number of hydrogen-bond donors (Lipinski definition) is 0. The summed E-state index contributed by atoms with van der Waals surface area (Å²) in [7, 11) is 1.59. The molecule has 2 aromatic heterocycles. The molecule has 0 atom stereocenters. The lowest BCUT2D eigenvalue weighted by atomic mass is 10.2. The van der Waals surface area contributed by atoms with Crippen LogP contribution in [0.4, 0.5) is 0 Å². The summed E-state index contributed by atoms with van der Waals surface area (Å²) in [5.41, 5.74) is 3.31. The van der Waals surface area contributed by atoms with Crippen LogP contribution < -0.4 is 10.3 Å². The van der Waals surface area contributed by atoms with Gasteiger partial charge in [-0.05, 0) is 54.4 Å². The van der Waals surface area contributed by atoms with Gasteiger partial charge in [0.15, 0.2) is 5.16 Å². The van der Waals surface area contributed by atoms with Crippen LogP contribution in [0.15, 0.2) is 76.7 Å². The summed E-state index contributed by atoms with van der Waals surface area (Å²) in [6, 6.07) is 21.0. The number of aromatic nitrogens is 4. The summed E-state index contributed by atoms with van der Waals surface area (Å²) in [4.78, 5) is 13.6. The predicted octanol–water partition coefficient (Wildman–Crippen LogP) is 5.30. The van der Waals surface area contributed by atoms with Gasteiger partial charge < -0.3 is 4.74 Å². The Bertz CT molecular complexity index is 1530. The molecule has 2 heterocycles. The van der Waals surface area contributed by atoms with Crippen LogP contribution in [0.3, 0.4) is 0 Å². The summed E-state index contributed by atoms with van der Waals surface area (Å²) < 4.78 is 9.06. The number of ether oxygens (including phenoxy) is 1. The van der Waals surface area contributed by atoms with Crippen LogP contribution in [0.5, 0.6) is 5.75 Å². The first-order chi connectivity index (χ1) is 15.6. The molecule has 0 radical (unpaired) electrons. The number of rotatable bonds is 5. The molecule has 6 nitrogen and oxygen atoms in total. The molecule has 0 aliphatic carbocycles. The number of halogens is 1. The highest BCUT2D eigenvalue weighted by atomic mass is 35.5. The molecule has 3 aromatic carbocycles. The van der Waals surface area contributed by atoms with Gasteiger partial charge in [-0.25, -0.2) is 4.57 Å². The summed E-state index contributed by atoms with van der Waals surface area (Å²) in [5, 5.41) is 10.8. The second kappa shape index (κ2) is 8.33. The standard InChI is InChI=1S/C24H19ClN4O2S/c1-15-10-11-21(31-2)20(12-15)28-22(30)18-8-3-4-9-19(18)29-23(28)26-27-24(29)32-14-16-6-5-7-17(25)13-16/h3-13H,14H2,1-2H3. The van der Waals surface area contributed by atoms with Crippen molar-refractivity contribution in [2.45, 2.75) is 17.8 Å². The lowest BCUT2D eigenvalue weighted by Crippen LogP contribution is -2.22. The van der Waals surface area contributed by atoms with Crippen LogP contribution in [0, 0.1) is 6.92 Å². The molecule has 0 bridgehead atoms. The fourth-order valence-corrected chi connectivity index (χ4v) is 4.83. The van der Waals surface area contributed by atoms with Crippen molar-refractivity contribution >= 4 is 40.0 Å². The summed E-state index contributed by atoms with van der Waals surface area (Å²) in [5.74, 6) is 1.69. The molecular formula is C24H19ClN4O2S. The zero-order valence-corrected chi connectivity index (χ0v) is 19.0. The lowest BCUT2D eigenvalue weighted by molar-refractivity contribution is 0.412. The lowest BCUT2D eigenvalue weighted by Gasteiger charge is -2.14. The third-order valence-electron chi connectivity index (χ3n) is 5.23.